The van der Waals surface area contributed by atoms with E-state index in [9.17, 15) is 9.90 Å². The summed E-state index contributed by atoms with van der Waals surface area (Å²) >= 11 is 0. The number of fused-ring (bicyclic) bond motifs is 4. The zero-order valence-electron chi connectivity index (χ0n) is 15.2. The molecule has 2 heterocycles. The quantitative estimate of drug-likeness (QED) is 0.640. The Morgan fingerprint density at radius 1 is 1.26 bits per heavy atom. The highest BCUT2D eigenvalue weighted by atomic mass is 16.5. The Kier molecular flexibility index (Phi) is 4.15. The summed E-state index contributed by atoms with van der Waals surface area (Å²) in [5.74, 6) is 0.946. The second-order valence-corrected chi connectivity index (χ2v) is 6.99. The third-order valence-corrected chi connectivity index (χ3v) is 5.02. The van der Waals surface area contributed by atoms with Gasteiger partial charge in [-0.3, -0.25) is 4.79 Å². The third kappa shape index (κ3) is 3.16. The number of methoxy groups -OCH3 is 1. The van der Waals surface area contributed by atoms with E-state index in [1.165, 1.54) is 0 Å². The van der Waals surface area contributed by atoms with Crippen LogP contribution in [0.25, 0.3) is 6.08 Å². The van der Waals surface area contributed by atoms with Crippen molar-refractivity contribution in [2.24, 2.45) is 0 Å². The van der Waals surface area contributed by atoms with Gasteiger partial charge in [-0.15, -0.1) is 0 Å². The Bertz CT molecular complexity index is 945. The first-order valence-corrected chi connectivity index (χ1v) is 8.85. The minimum atomic E-state index is -0.764. The number of ether oxygens (including phenoxy) is 2. The normalized spacial score (nSPS) is 25.4. The number of nitrogens with one attached hydrogen (secondary N) is 1. The lowest BCUT2D eigenvalue weighted by molar-refractivity contribution is -0.127. The van der Waals surface area contributed by atoms with Crippen molar-refractivity contribution in [1.82, 2.24) is 5.32 Å². The molecule has 5 nitrogen and oxygen atoms in total. The second-order valence-electron chi connectivity index (χ2n) is 6.99. The van der Waals surface area contributed by atoms with Crippen LogP contribution in [0.2, 0.25) is 0 Å². The van der Waals surface area contributed by atoms with Gasteiger partial charge in [0.2, 0.25) is 0 Å². The summed E-state index contributed by atoms with van der Waals surface area (Å²) in [6, 6.07) is 15.1. The van der Waals surface area contributed by atoms with Crippen LogP contribution in [0.1, 0.15) is 30.4 Å². The van der Waals surface area contributed by atoms with Gasteiger partial charge in [0.15, 0.2) is 5.72 Å². The predicted molar refractivity (Wildman–Crippen MR) is 103 cm³/mol. The van der Waals surface area contributed by atoms with Crippen molar-refractivity contribution >= 4 is 12.0 Å². The largest absolute Gasteiger partial charge is 0.507 e. The van der Waals surface area contributed by atoms with Crippen molar-refractivity contribution in [3.05, 3.63) is 77.1 Å². The van der Waals surface area contributed by atoms with Gasteiger partial charge >= 0.3 is 0 Å². The van der Waals surface area contributed by atoms with Gasteiger partial charge < -0.3 is 19.9 Å². The number of aliphatic hydroxyl groups is 1. The van der Waals surface area contributed by atoms with E-state index in [0.717, 1.165) is 22.6 Å². The van der Waals surface area contributed by atoms with E-state index >= 15 is 0 Å². The highest BCUT2D eigenvalue weighted by Gasteiger charge is 2.47. The molecular weight excluding hydrogens is 342 g/mol. The molecule has 27 heavy (non-hydrogen) atoms. The zero-order chi connectivity index (χ0) is 19.0. The number of amides is 1. The van der Waals surface area contributed by atoms with Crippen molar-refractivity contribution in [1.29, 1.82) is 0 Å². The number of piperidine rings is 1. The lowest BCUT2D eigenvalue weighted by Crippen LogP contribution is -2.58. The Labute approximate surface area is 157 Å². The van der Waals surface area contributed by atoms with Gasteiger partial charge in [-0.1, -0.05) is 36.4 Å². The monoisotopic (exact) mass is 363 g/mol. The van der Waals surface area contributed by atoms with E-state index in [-0.39, 0.29) is 17.6 Å². The maximum absolute atomic E-state index is 12.7. The van der Waals surface area contributed by atoms with Crippen LogP contribution in [0.4, 0.5) is 0 Å². The third-order valence-electron chi connectivity index (χ3n) is 5.02. The van der Waals surface area contributed by atoms with Gasteiger partial charge in [-0.05, 0) is 36.8 Å². The molecule has 2 aromatic carbocycles. The highest BCUT2D eigenvalue weighted by molar-refractivity contribution is 5.98. The molecule has 0 aromatic heterocycles. The maximum atomic E-state index is 12.7. The molecule has 0 spiro atoms. The topological polar surface area (TPSA) is 67.8 Å². The lowest BCUT2D eigenvalue weighted by Gasteiger charge is -2.45. The molecule has 0 saturated carbocycles. The summed E-state index contributed by atoms with van der Waals surface area (Å²) in [5, 5.41) is 13.6. The van der Waals surface area contributed by atoms with Gasteiger partial charge in [-0.25, -0.2) is 0 Å². The fourth-order valence-electron chi connectivity index (χ4n) is 3.72. The van der Waals surface area contributed by atoms with E-state index in [2.05, 4.69) is 5.32 Å². The first-order chi connectivity index (χ1) is 13.0. The van der Waals surface area contributed by atoms with E-state index < -0.39 is 5.72 Å². The Morgan fingerprint density at radius 2 is 2.00 bits per heavy atom. The van der Waals surface area contributed by atoms with E-state index in [1.807, 2.05) is 55.5 Å². The van der Waals surface area contributed by atoms with Crippen LogP contribution < -0.4 is 14.8 Å². The number of hydrogen-bond acceptors (Lipinski definition) is 4. The minimum absolute atomic E-state index is 0.0351. The summed E-state index contributed by atoms with van der Waals surface area (Å²) in [6.45, 7) is 1.86. The van der Waals surface area contributed by atoms with Crippen LogP contribution in [0.15, 0.2) is 65.9 Å². The van der Waals surface area contributed by atoms with Crippen LogP contribution in [0, 0.1) is 0 Å². The Hall–Kier alpha value is -3.21. The van der Waals surface area contributed by atoms with Gasteiger partial charge in [0.25, 0.3) is 5.91 Å². The SMILES string of the molecule is COc1ccc(/C=C/C(O)=C2/C(=O)N[C@@]3(C)C[C@H]2c2ccccc2O3)cc1. The lowest BCUT2D eigenvalue weighted by atomic mass is 9.78. The number of carbonyl (C=O) groups is 1. The van der Waals surface area contributed by atoms with Crippen LogP contribution in [0.5, 0.6) is 11.5 Å². The molecular formula is C22H21NO4. The molecule has 5 heteroatoms. The summed E-state index contributed by atoms with van der Waals surface area (Å²) in [5.41, 5.74) is 1.42. The van der Waals surface area contributed by atoms with Crippen molar-refractivity contribution < 1.29 is 19.4 Å². The molecule has 1 saturated heterocycles. The molecule has 2 atom stereocenters. The number of allylic oxidation sites excluding steroid dienone is 1. The molecule has 2 aliphatic rings. The molecule has 2 N–H and O–H groups in total. The summed E-state index contributed by atoms with van der Waals surface area (Å²) in [7, 11) is 1.61. The second kappa shape index (κ2) is 6.50. The average Bonchev–Trinajstić information content (AvgIpc) is 2.66. The van der Waals surface area contributed by atoms with E-state index in [4.69, 9.17) is 9.47 Å². The Morgan fingerprint density at radius 3 is 2.74 bits per heavy atom. The number of carbonyl (C=O) groups excluding carboxylic acids is 1. The average molecular weight is 363 g/mol. The molecule has 1 amide bonds. The van der Waals surface area contributed by atoms with Crippen LogP contribution in [0.3, 0.4) is 0 Å². The van der Waals surface area contributed by atoms with Crippen molar-refractivity contribution in [3.8, 4) is 11.5 Å². The fourth-order valence-corrected chi connectivity index (χ4v) is 3.72. The minimum Gasteiger partial charge on any atom is -0.507 e. The summed E-state index contributed by atoms with van der Waals surface area (Å²) in [6.07, 6.45) is 3.91. The maximum Gasteiger partial charge on any atom is 0.254 e. The number of para-hydroxylation sites is 1. The van der Waals surface area contributed by atoms with Crippen LogP contribution >= 0.6 is 0 Å². The van der Waals surface area contributed by atoms with E-state index in [0.29, 0.717) is 12.0 Å². The van der Waals surface area contributed by atoms with E-state index in [1.54, 1.807) is 19.3 Å². The standard InChI is InChI=1S/C22H21NO4/c1-22-13-17(16-5-3-4-6-19(16)27-22)20(21(25)23-22)18(24)12-9-14-7-10-15(26-2)11-8-14/h3-12,17,24H,13H2,1-2H3,(H,23,25)/b12-9+,20-18-/t17-,22+/m0/s1. The molecule has 0 radical (unpaired) electrons. The smallest absolute Gasteiger partial charge is 0.254 e. The number of aliphatic hydroxyl groups excluding tert-OH is 1. The van der Waals surface area contributed by atoms with Gasteiger partial charge in [0.1, 0.15) is 17.3 Å². The van der Waals surface area contributed by atoms with Crippen molar-refractivity contribution in [2.75, 3.05) is 7.11 Å². The Balaban J connectivity index is 1.70. The molecule has 4 rings (SSSR count). The first kappa shape index (κ1) is 17.2. The molecule has 0 unspecified atom stereocenters. The number of benzene rings is 2. The van der Waals surface area contributed by atoms with Gasteiger partial charge in [0.05, 0.1) is 12.7 Å². The number of rotatable bonds is 3. The van der Waals surface area contributed by atoms with Gasteiger partial charge in [-0.2, -0.15) is 0 Å². The first-order valence-electron chi connectivity index (χ1n) is 8.85. The van der Waals surface area contributed by atoms with Gasteiger partial charge in [0, 0.05) is 17.9 Å². The van der Waals surface area contributed by atoms with Crippen LogP contribution in [-0.2, 0) is 4.79 Å². The molecule has 1 fully saturated rings. The van der Waals surface area contributed by atoms with Crippen molar-refractivity contribution in [2.45, 2.75) is 25.0 Å². The predicted octanol–water partition coefficient (Wildman–Crippen LogP) is 3.93. The van der Waals surface area contributed by atoms with Crippen LogP contribution in [-0.4, -0.2) is 23.8 Å². The molecule has 2 aromatic rings. The molecule has 0 aliphatic carbocycles. The summed E-state index contributed by atoms with van der Waals surface area (Å²) < 4.78 is 11.1. The summed E-state index contributed by atoms with van der Waals surface area (Å²) in [4.78, 5) is 12.7. The van der Waals surface area contributed by atoms with Crippen molar-refractivity contribution in [3.63, 3.8) is 0 Å². The molecule has 138 valence electrons. The highest BCUT2D eigenvalue weighted by Crippen LogP contribution is 2.47. The number of hydrogen-bond donors (Lipinski definition) is 2. The zero-order valence-corrected chi connectivity index (χ0v) is 15.2. The molecule has 2 bridgehead atoms. The molecule has 2 aliphatic heterocycles. The fraction of sp³-hybridized carbons (Fsp3) is 0.227.